The molecule has 1 fully saturated rings. The van der Waals surface area contributed by atoms with Gasteiger partial charge in [0.15, 0.2) is 0 Å². The Morgan fingerprint density at radius 1 is 1.17 bits per heavy atom. The van der Waals surface area contributed by atoms with E-state index in [0.717, 1.165) is 0 Å². The van der Waals surface area contributed by atoms with Crippen LogP contribution in [0.5, 0.6) is 0 Å². The van der Waals surface area contributed by atoms with Crippen molar-refractivity contribution < 1.29 is 14.3 Å². The molecule has 70 valence electrons. The first kappa shape index (κ1) is 12.6. The van der Waals surface area contributed by atoms with E-state index in [2.05, 4.69) is 42.0 Å². The highest BCUT2D eigenvalue weighted by Gasteiger charge is 2.30. The predicted octanol–water partition coefficient (Wildman–Crippen LogP) is 2.50. The third-order valence-electron chi connectivity index (χ3n) is 1.71. The van der Waals surface area contributed by atoms with E-state index in [0.29, 0.717) is 6.42 Å². The van der Waals surface area contributed by atoms with Gasteiger partial charge >= 0.3 is 11.9 Å². The second kappa shape index (κ2) is 6.11. The quantitative estimate of drug-likeness (QED) is 0.359. The maximum absolute atomic E-state index is 10.7. The number of ether oxygens (including phenoxy) is 1. The lowest BCUT2D eigenvalue weighted by molar-refractivity contribution is -0.170. The molecule has 1 saturated heterocycles. The van der Waals surface area contributed by atoms with E-state index in [9.17, 15) is 9.59 Å². The normalized spacial score (nSPS) is 28.7. The first-order valence-corrected chi connectivity index (χ1v) is 9.79. The summed E-state index contributed by atoms with van der Waals surface area (Å²) in [5.74, 6) is -1.01. The highest BCUT2D eigenvalue weighted by molar-refractivity contribution is 15.0. The SMILES string of the molecule is CC1CC(C)C(=O)OC1=O.II. The van der Waals surface area contributed by atoms with E-state index in [-0.39, 0.29) is 23.8 Å². The van der Waals surface area contributed by atoms with E-state index in [1.807, 2.05) is 0 Å². The molecule has 1 aliphatic rings. The molecule has 0 N–H and O–H groups in total. The number of halogens is 2. The van der Waals surface area contributed by atoms with Gasteiger partial charge in [-0.15, -0.1) is 0 Å². The van der Waals surface area contributed by atoms with Gasteiger partial charge < -0.3 is 4.74 Å². The zero-order valence-corrected chi connectivity index (χ0v) is 11.2. The molecule has 2 atom stereocenters. The summed E-state index contributed by atoms with van der Waals surface area (Å²) in [6.07, 6.45) is 0.623. The molecule has 12 heavy (non-hydrogen) atoms. The van der Waals surface area contributed by atoms with E-state index in [4.69, 9.17) is 0 Å². The van der Waals surface area contributed by atoms with Gasteiger partial charge in [-0.3, -0.25) is 9.59 Å². The van der Waals surface area contributed by atoms with Crippen LogP contribution < -0.4 is 0 Å². The smallest absolute Gasteiger partial charge is 0.316 e. The Hall–Kier alpha value is 0.600. The zero-order chi connectivity index (χ0) is 9.72. The summed E-state index contributed by atoms with van der Waals surface area (Å²) in [5, 5.41) is 0. The van der Waals surface area contributed by atoms with E-state index < -0.39 is 0 Å². The summed E-state index contributed by atoms with van der Waals surface area (Å²) in [5.41, 5.74) is 0. The van der Waals surface area contributed by atoms with Crippen LogP contribution in [0.15, 0.2) is 0 Å². The summed E-state index contributed by atoms with van der Waals surface area (Å²) < 4.78 is 4.43. The van der Waals surface area contributed by atoms with Crippen LogP contribution in [0.3, 0.4) is 0 Å². The molecule has 0 saturated carbocycles. The molecule has 0 aromatic heterocycles. The average molecular weight is 396 g/mol. The van der Waals surface area contributed by atoms with E-state index in [1.165, 1.54) is 0 Å². The Bertz CT molecular complexity index is 163. The highest BCUT2D eigenvalue weighted by atomic mass is 128. The topological polar surface area (TPSA) is 43.4 Å². The average Bonchev–Trinajstić information content (AvgIpc) is 2.05. The maximum atomic E-state index is 10.7. The van der Waals surface area contributed by atoms with Crippen LogP contribution in [0.1, 0.15) is 20.3 Å². The molecule has 5 heteroatoms. The number of hydrogen-bond acceptors (Lipinski definition) is 3. The van der Waals surface area contributed by atoms with Gasteiger partial charge in [0.2, 0.25) is 0 Å². The molecular weight excluding hydrogens is 386 g/mol. The number of carbonyl (C=O) groups is 2. The zero-order valence-electron chi connectivity index (χ0n) is 6.84. The number of rotatable bonds is 0. The third kappa shape index (κ3) is 3.55. The van der Waals surface area contributed by atoms with Crippen LogP contribution in [0, 0.1) is 11.8 Å². The molecule has 0 aromatic carbocycles. The van der Waals surface area contributed by atoms with E-state index >= 15 is 0 Å². The first-order chi connectivity index (χ1) is 5.61. The minimum absolute atomic E-state index is 0.118. The largest absolute Gasteiger partial charge is 0.393 e. The van der Waals surface area contributed by atoms with Gasteiger partial charge in [-0.1, -0.05) is 13.8 Å². The molecule has 3 nitrogen and oxygen atoms in total. The maximum Gasteiger partial charge on any atom is 0.316 e. The van der Waals surface area contributed by atoms with Crippen molar-refractivity contribution in [1.29, 1.82) is 0 Å². The van der Waals surface area contributed by atoms with Gasteiger partial charge in [0.1, 0.15) is 0 Å². The van der Waals surface area contributed by atoms with Crippen molar-refractivity contribution in [3.63, 3.8) is 0 Å². The Kier molecular flexibility index (Phi) is 6.42. The highest BCUT2D eigenvalue weighted by Crippen LogP contribution is 2.20. The first-order valence-electron chi connectivity index (χ1n) is 3.51. The molecule has 2 unspecified atom stereocenters. The lowest BCUT2D eigenvalue weighted by Crippen LogP contribution is -2.31. The fraction of sp³-hybridized carbons (Fsp3) is 0.714. The molecule has 0 spiro atoms. The van der Waals surface area contributed by atoms with Crippen molar-refractivity contribution >= 4 is 49.2 Å². The van der Waals surface area contributed by atoms with Crippen LogP contribution in [-0.2, 0) is 14.3 Å². The molecule has 1 aliphatic heterocycles. The summed E-state index contributed by atoms with van der Waals surface area (Å²) in [6, 6.07) is 0. The molecule has 0 aliphatic carbocycles. The Balaban J connectivity index is 0.000000561. The molecule has 0 radical (unpaired) electrons. The molecule has 0 bridgehead atoms. The van der Waals surface area contributed by atoms with Gasteiger partial charge in [-0.05, 0) is 6.42 Å². The van der Waals surface area contributed by atoms with Crippen molar-refractivity contribution in [3.8, 4) is 0 Å². The second-order valence-electron chi connectivity index (χ2n) is 2.78. The third-order valence-corrected chi connectivity index (χ3v) is 1.71. The minimum atomic E-state index is -0.386. The lowest BCUT2D eigenvalue weighted by atomic mass is 9.95. The summed E-state index contributed by atoms with van der Waals surface area (Å²) in [7, 11) is 0. The summed E-state index contributed by atoms with van der Waals surface area (Å²) in [6.45, 7) is 3.54. The van der Waals surface area contributed by atoms with Crippen molar-refractivity contribution in [2.75, 3.05) is 0 Å². The van der Waals surface area contributed by atoms with E-state index in [1.54, 1.807) is 13.8 Å². The second-order valence-corrected chi connectivity index (χ2v) is 2.78. The number of hydrogen-bond donors (Lipinski definition) is 0. The minimum Gasteiger partial charge on any atom is -0.393 e. The monoisotopic (exact) mass is 396 g/mol. The van der Waals surface area contributed by atoms with Crippen LogP contribution in [0.2, 0.25) is 0 Å². The molecule has 0 aromatic rings. The van der Waals surface area contributed by atoms with Crippen LogP contribution in [0.4, 0.5) is 0 Å². The molecule has 0 amide bonds. The van der Waals surface area contributed by atoms with Gasteiger partial charge in [-0.2, -0.15) is 0 Å². The Morgan fingerprint density at radius 2 is 1.50 bits per heavy atom. The number of cyclic esters (lactones) is 2. The van der Waals surface area contributed by atoms with Crippen molar-refractivity contribution in [1.82, 2.24) is 0 Å². The molecule has 1 rings (SSSR count). The number of carbonyl (C=O) groups excluding carboxylic acids is 2. The van der Waals surface area contributed by atoms with Gasteiger partial charge in [0.05, 0.1) is 11.8 Å². The fourth-order valence-electron chi connectivity index (χ4n) is 1.02. The van der Waals surface area contributed by atoms with Crippen molar-refractivity contribution in [2.24, 2.45) is 11.8 Å². The predicted molar refractivity (Wildman–Crippen MR) is 62.1 cm³/mol. The lowest BCUT2D eigenvalue weighted by Gasteiger charge is -2.20. The summed E-state index contributed by atoms with van der Waals surface area (Å²) >= 11 is 4.24. The van der Waals surface area contributed by atoms with Crippen molar-refractivity contribution in [3.05, 3.63) is 0 Å². The van der Waals surface area contributed by atoms with Crippen molar-refractivity contribution in [2.45, 2.75) is 20.3 Å². The Labute approximate surface area is 94.9 Å². The van der Waals surface area contributed by atoms with Gasteiger partial charge in [-0.25, -0.2) is 0 Å². The van der Waals surface area contributed by atoms with Crippen LogP contribution in [0.25, 0.3) is 0 Å². The fourth-order valence-corrected chi connectivity index (χ4v) is 1.02. The van der Waals surface area contributed by atoms with Crippen LogP contribution in [-0.4, -0.2) is 11.9 Å². The van der Waals surface area contributed by atoms with Gasteiger partial charge in [0, 0.05) is 37.2 Å². The van der Waals surface area contributed by atoms with Crippen LogP contribution >= 0.6 is 37.2 Å². The van der Waals surface area contributed by atoms with Gasteiger partial charge in [0.25, 0.3) is 0 Å². The number of esters is 2. The summed E-state index contributed by atoms with van der Waals surface area (Å²) in [4.78, 5) is 21.4. The molecular formula is C7H10I2O3. The molecule has 1 heterocycles. The Morgan fingerprint density at radius 3 is 1.75 bits per heavy atom. The standard InChI is InChI=1S/C7H10O3.I2/c1-4-3-5(2)7(9)10-6(4)8;1-2/h4-5H,3H2,1-2H3;.